The molecular weight excluding hydrogens is 608 g/mol. The van der Waals surface area contributed by atoms with Crippen LogP contribution in [0.5, 0.6) is 5.75 Å². The van der Waals surface area contributed by atoms with Crippen LogP contribution in [0, 0.1) is 0 Å². The van der Waals surface area contributed by atoms with E-state index in [1.165, 1.54) is 4.57 Å². The van der Waals surface area contributed by atoms with E-state index in [0.29, 0.717) is 38.7 Å². The van der Waals surface area contributed by atoms with E-state index in [4.69, 9.17) is 16.3 Å². The standard InChI is InChI=1S/C31H30BrClN4O4/c1-19(2)41-24-12-10-23(11-13-24)37-28(29(38)34-20(3)21-7-5-4-6-8-21)27-18-35(15-16-36(27)31(37)40)30(39)22-9-14-25(32)26(33)17-22/h4-14,17,19-20H,15-16,18H2,1-3H3,(H,34,38)/t20-/m1/s1. The topological polar surface area (TPSA) is 85.6 Å². The number of hydrogen-bond acceptors (Lipinski definition) is 4. The number of nitrogens with zero attached hydrogens (tertiary/aromatic N) is 3. The number of benzene rings is 3. The summed E-state index contributed by atoms with van der Waals surface area (Å²) in [5.41, 5.74) is 2.22. The second-order valence-corrected chi connectivity index (χ2v) is 11.4. The van der Waals surface area contributed by atoms with Gasteiger partial charge in [-0.15, -0.1) is 0 Å². The van der Waals surface area contributed by atoms with Crippen molar-refractivity contribution in [1.29, 1.82) is 0 Å². The van der Waals surface area contributed by atoms with E-state index in [1.54, 1.807) is 51.9 Å². The summed E-state index contributed by atoms with van der Waals surface area (Å²) in [6.45, 7) is 6.42. The Morgan fingerprint density at radius 3 is 2.34 bits per heavy atom. The first-order valence-electron chi connectivity index (χ1n) is 13.4. The molecule has 0 saturated carbocycles. The molecule has 1 aromatic heterocycles. The summed E-state index contributed by atoms with van der Waals surface area (Å²) in [7, 11) is 0. The molecule has 0 radical (unpaired) electrons. The van der Waals surface area contributed by atoms with Crippen LogP contribution in [0.3, 0.4) is 0 Å². The predicted octanol–water partition coefficient (Wildman–Crippen LogP) is 5.99. The third-order valence-electron chi connectivity index (χ3n) is 6.96. The molecule has 8 nitrogen and oxygen atoms in total. The molecule has 2 heterocycles. The van der Waals surface area contributed by atoms with Gasteiger partial charge in [0, 0.05) is 23.1 Å². The number of imidazole rings is 1. The van der Waals surface area contributed by atoms with E-state index in [-0.39, 0.29) is 42.5 Å². The molecule has 0 aliphatic carbocycles. The smallest absolute Gasteiger partial charge is 0.333 e. The van der Waals surface area contributed by atoms with Gasteiger partial charge in [-0.3, -0.25) is 18.7 Å². The van der Waals surface area contributed by atoms with Gasteiger partial charge in [-0.25, -0.2) is 4.79 Å². The largest absolute Gasteiger partial charge is 0.491 e. The Labute approximate surface area is 251 Å². The molecule has 1 aliphatic rings. The van der Waals surface area contributed by atoms with Crippen molar-refractivity contribution >= 4 is 39.3 Å². The van der Waals surface area contributed by atoms with Crippen molar-refractivity contribution in [2.45, 2.75) is 46.0 Å². The van der Waals surface area contributed by atoms with Gasteiger partial charge < -0.3 is 15.0 Å². The van der Waals surface area contributed by atoms with Gasteiger partial charge in [-0.1, -0.05) is 41.9 Å². The number of hydrogen-bond donors (Lipinski definition) is 1. The fraction of sp³-hybridized carbons (Fsp3) is 0.258. The van der Waals surface area contributed by atoms with Crippen LogP contribution < -0.4 is 15.7 Å². The van der Waals surface area contributed by atoms with Crippen LogP contribution in [0.25, 0.3) is 5.69 Å². The zero-order valence-corrected chi connectivity index (χ0v) is 25.3. The summed E-state index contributed by atoms with van der Waals surface area (Å²) in [4.78, 5) is 42.8. The highest BCUT2D eigenvalue weighted by atomic mass is 79.9. The molecular formula is C31H30BrClN4O4. The number of aromatic nitrogens is 2. The maximum atomic E-state index is 13.9. The average Bonchev–Trinajstić information content (AvgIpc) is 3.26. The minimum Gasteiger partial charge on any atom is -0.491 e. The maximum absolute atomic E-state index is 13.9. The number of carbonyl (C=O) groups excluding carboxylic acids is 2. The van der Waals surface area contributed by atoms with Gasteiger partial charge in [0.25, 0.3) is 11.8 Å². The zero-order valence-electron chi connectivity index (χ0n) is 22.9. The molecule has 0 fully saturated rings. The maximum Gasteiger partial charge on any atom is 0.333 e. The van der Waals surface area contributed by atoms with Crippen molar-refractivity contribution < 1.29 is 14.3 Å². The van der Waals surface area contributed by atoms with Crippen LogP contribution in [0.1, 0.15) is 58.9 Å². The number of nitrogens with one attached hydrogen (secondary N) is 1. The molecule has 1 atom stereocenters. The number of carbonyl (C=O) groups is 2. The zero-order chi connectivity index (χ0) is 29.3. The number of fused-ring (bicyclic) bond motifs is 1. The Hall–Kier alpha value is -3.82. The van der Waals surface area contributed by atoms with E-state index in [9.17, 15) is 14.4 Å². The van der Waals surface area contributed by atoms with Gasteiger partial charge >= 0.3 is 5.69 Å². The summed E-state index contributed by atoms with van der Waals surface area (Å²) in [6.07, 6.45) is -0.00434. The number of amides is 2. The van der Waals surface area contributed by atoms with E-state index >= 15 is 0 Å². The van der Waals surface area contributed by atoms with Crippen molar-refractivity contribution in [2.75, 3.05) is 6.54 Å². The number of rotatable bonds is 7. The third-order valence-corrected chi connectivity index (χ3v) is 8.19. The second kappa shape index (κ2) is 12.0. The van der Waals surface area contributed by atoms with Crippen LogP contribution in [-0.4, -0.2) is 38.5 Å². The van der Waals surface area contributed by atoms with Crippen LogP contribution in [0.2, 0.25) is 5.02 Å². The lowest BCUT2D eigenvalue weighted by Crippen LogP contribution is -2.41. The van der Waals surface area contributed by atoms with Gasteiger partial charge in [0.2, 0.25) is 0 Å². The van der Waals surface area contributed by atoms with Gasteiger partial charge in [-0.2, -0.15) is 0 Å². The second-order valence-electron chi connectivity index (χ2n) is 10.2. The van der Waals surface area contributed by atoms with Crippen molar-refractivity contribution in [3.05, 3.63) is 115 Å². The Bertz CT molecular complexity index is 1650. The molecule has 4 aromatic rings. The van der Waals surface area contributed by atoms with E-state index in [1.807, 2.05) is 51.1 Å². The number of ether oxygens (including phenoxy) is 1. The van der Waals surface area contributed by atoms with Crippen molar-refractivity contribution in [3.8, 4) is 11.4 Å². The SMILES string of the molecule is CC(C)Oc1ccc(-n2c(C(=O)N[C@H](C)c3ccccc3)c3n(c2=O)CCN(C(=O)c2ccc(Br)c(Cl)c2)C3)cc1. The predicted molar refractivity (Wildman–Crippen MR) is 162 cm³/mol. The highest BCUT2D eigenvalue weighted by Crippen LogP contribution is 2.27. The molecule has 41 heavy (non-hydrogen) atoms. The lowest BCUT2D eigenvalue weighted by Gasteiger charge is -2.28. The lowest BCUT2D eigenvalue weighted by atomic mass is 10.1. The Morgan fingerprint density at radius 2 is 1.68 bits per heavy atom. The first kappa shape index (κ1) is 28.7. The summed E-state index contributed by atoms with van der Waals surface area (Å²) < 4.78 is 9.46. The van der Waals surface area contributed by atoms with Gasteiger partial charge in [0.05, 0.1) is 35.1 Å². The number of halogens is 2. The first-order chi connectivity index (χ1) is 19.6. The molecule has 1 N–H and O–H groups in total. The lowest BCUT2D eigenvalue weighted by molar-refractivity contribution is 0.0706. The van der Waals surface area contributed by atoms with Crippen LogP contribution in [0.15, 0.2) is 82.1 Å². The molecule has 10 heteroatoms. The minimum atomic E-state index is -0.407. The summed E-state index contributed by atoms with van der Waals surface area (Å²) >= 11 is 9.60. The molecule has 2 amide bonds. The van der Waals surface area contributed by atoms with Crippen LogP contribution >= 0.6 is 27.5 Å². The normalized spacial score (nSPS) is 13.6. The van der Waals surface area contributed by atoms with Crippen LogP contribution in [0.4, 0.5) is 0 Å². The fourth-order valence-corrected chi connectivity index (χ4v) is 5.38. The quantitative estimate of drug-likeness (QED) is 0.270. The summed E-state index contributed by atoms with van der Waals surface area (Å²) in [5.74, 6) is 0.0233. The molecule has 1 aliphatic heterocycles. The first-order valence-corrected chi connectivity index (χ1v) is 14.5. The Balaban J connectivity index is 1.55. The van der Waals surface area contributed by atoms with Crippen LogP contribution in [-0.2, 0) is 13.1 Å². The summed E-state index contributed by atoms with van der Waals surface area (Å²) in [6, 6.07) is 21.4. The Morgan fingerprint density at radius 1 is 0.976 bits per heavy atom. The van der Waals surface area contributed by atoms with Gasteiger partial charge in [0.15, 0.2) is 0 Å². The van der Waals surface area contributed by atoms with E-state index in [2.05, 4.69) is 21.2 Å². The van der Waals surface area contributed by atoms with E-state index < -0.39 is 5.91 Å². The molecule has 212 valence electrons. The molecule has 0 unspecified atom stereocenters. The van der Waals surface area contributed by atoms with E-state index in [0.717, 1.165) is 5.56 Å². The minimum absolute atomic E-state index is 0.00434. The van der Waals surface area contributed by atoms with Crippen molar-refractivity contribution in [1.82, 2.24) is 19.4 Å². The average molecular weight is 638 g/mol. The molecule has 3 aromatic carbocycles. The fourth-order valence-electron chi connectivity index (χ4n) is 4.95. The van der Waals surface area contributed by atoms with Crippen molar-refractivity contribution in [2.24, 2.45) is 0 Å². The monoisotopic (exact) mass is 636 g/mol. The molecule has 0 bridgehead atoms. The third kappa shape index (κ3) is 5.96. The highest BCUT2D eigenvalue weighted by Gasteiger charge is 2.32. The molecule has 0 spiro atoms. The van der Waals surface area contributed by atoms with Gasteiger partial charge in [-0.05, 0) is 84.7 Å². The molecule has 0 saturated heterocycles. The summed E-state index contributed by atoms with van der Waals surface area (Å²) in [5, 5.41) is 3.48. The van der Waals surface area contributed by atoms with Gasteiger partial charge in [0.1, 0.15) is 11.4 Å². The van der Waals surface area contributed by atoms with Crippen molar-refractivity contribution in [3.63, 3.8) is 0 Å². The molecule has 5 rings (SSSR count). The highest BCUT2D eigenvalue weighted by molar-refractivity contribution is 9.10. The Kier molecular flexibility index (Phi) is 8.37.